The van der Waals surface area contributed by atoms with Crippen molar-refractivity contribution < 1.29 is 13.7 Å². The van der Waals surface area contributed by atoms with E-state index in [0.29, 0.717) is 6.42 Å². The largest absolute Gasteiger partial charge is 0.369 e. The average molecular weight is 544 g/mol. The van der Waals surface area contributed by atoms with E-state index in [1.54, 1.807) is 18.4 Å². The molecule has 1 aromatic carbocycles. The van der Waals surface area contributed by atoms with Gasteiger partial charge in [-0.3, -0.25) is 14.7 Å². The fraction of sp³-hybridized carbons (Fsp3) is 0.476. The molecule has 1 saturated heterocycles. The van der Waals surface area contributed by atoms with Gasteiger partial charge in [-0.2, -0.15) is 0 Å². The number of benzene rings is 1. The molecule has 8 nitrogen and oxygen atoms in total. The minimum atomic E-state index is -0.447. The van der Waals surface area contributed by atoms with E-state index in [-0.39, 0.29) is 36.3 Å². The smallest absolute Gasteiger partial charge is 0.222 e. The molecule has 10 heteroatoms. The van der Waals surface area contributed by atoms with Crippen molar-refractivity contribution in [2.24, 2.45) is 16.6 Å². The predicted molar refractivity (Wildman–Crippen MR) is 128 cm³/mol. The van der Waals surface area contributed by atoms with Gasteiger partial charge in [-0.15, -0.1) is 24.0 Å². The van der Waals surface area contributed by atoms with Crippen LogP contribution < -0.4 is 11.1 Å². The standard InChI is InChI=1S/C21H29FN6O2.HI/c1-2-24-21(28-10-8-27(9-11-28)15-19-7-12-30-26-19)25-14-17(20(23)29)13-16-3-5-18(22)6-4-16;/h3-7,12,17H,2,8-11,13-15H2,1H3,(H2,23,29)(H,24,25);1H. The number of primary amides is 1. The second-order valence-electron chi connectivity index (χ2n) is 7.38. The number of piperazine rings is 1. The van der Waals surface area contributed by atoms with Gasteiger partial charge in [0, 0.05) is 45.3 Å². The van der Waals surface area contributed by atoms with Crippen LogP contribution in [0.5, 0.6) is 0 Å². The molecule has 0 saturated carbocycles. The van der Waals surface area contributed by atoms with Gasteiger partial charge in [0.25, 0.3) is 0 Å². The molecule has 1 unspecified atom stereocenters. The van der Waals surface area contributed by atoms with Crippen LogP contribution in [0.1, 0.15) is 18.2 Å². The molecule has 1 aliphatic heterocycles. The molecule has 0 aliphatic carbocycles. The Morgan fingerprint density at radius 1 is 1.26 bits per heavy atom. The van der Waals surface area contributed by atoms with Crippen molar-refractivity contribution in [3.05, 3.63) is 53.7 Å². The summed E-state index contributed by atoms with van der Waals surface area (Å²) in [6, 6.07) is 8.00. The van der Waals surface area contributed by atoms with E-state index in [9.17, 15) is 9.18 Å². The highest BCUT2D eigenvalue weighted by Crippen LogP contribution is 2.12. The molecule has 2 heterocycles. The van der Waals surface area contributed by atoms with Crippen molar-refractivity contribution >= 4 is 35.8 Å². The van der Waals surface area contributed by atoms with E-state index >= 15 is 0 Å². The maximum absolute atomic E-state index is 13.1. The number of aliphatic imine (C=N–C) groups is 1. The highest BCUT2D eigenvalue weighted by Gasteiger charge is 2.22. The topological polar surface area (TPSA) is 100.0 Å². The number of carbonyl (C=O) groups excluding carboxylic acids is 1. The van der Waals surface area contributed by atoms with Crippen LogP contribution in [-0.4, -0.2) is 66.1 Å². The summed E-state index contributed by atoms with van der Waals surface area (Å²) in [4.78, 5) is 21.1. The van der Waals surface area contributed by atoms with Crippen molar-refractivity contribution in [3.8, 4) is 0 Å². The molecule has 3 N–H and O–H groups in total. The van der Waals surface area contributed by atoms with Crippen LogP contribution in [0.3, 0.4) is 0 Å². The molecule has 0 spiro atoms. The Labute approximate surface area is 199 Å². The van der Waals surface area contributed by atoms with Crippen molar-refractivity contribution in [3.63, 3.8) is 0 Å². The van der Waals surface area contributed by atoms with Crippen molar-refractivity contribution in [2.45, 2.75) is 19.9 Å². The fourth-order valence-electron chi connectivity index (χ4n) is 3.45. The van der Waals surface area contributed by atoms with Crippen LogP contribution in [0.25, 0.3) is 0 Å². The molecule has 0 bridgehead atoms. The highest BCUT2D eigenvalue weighted by atomic mass is 127. The van der Waals surface area contributed by atoms with Gasteiger partial charge >= 0.3 is 0 Å². The number of carbonyl (C=O) groups is 1. The number of hydrogen-bond acceptors (Lipinski definition) is 5. The first-order valence-corrected chi connectivity index (χ1v) is 10.2. The summed E-state index contributed by atoms with van der Waals surface area (Å²) in [5.74, 6) is -0.373. The van der Waals surface area contributed by atoms with E-state index in [4.69, 9.17) is 10.3 Å². The SMILES string of the molecule is CCNC(=NCC(Cc1ccc(F)cc1)C(N)=O)N1CCN(Cc2ccon2)CC1.I. The first-order chi connectivity index (χ1) is 14.5. The quantitative estimate of drug-likeness (QED) is 0.299. The zero-order chi connectivity index (χ0) is 21.3. The maximum Gasteiger partial charge on any atom is 0.222 e. The van der Waals surface area contributed by atoms with Gasteiger partial charge < -0.3 is 20.5 Å². The van der Waals surface area contributed by atoms with Crippen molar-refractivity contribution in [1.29, 1.82) is 0 Å². The Kier molecular flexibility index (Phi) is 10.2. The molecule has 1 aromatic heterocycles. The summed E-state index contributed by atoms with van der Waals surface area (Å²) in [7, 11) is 0. The number of nitrogens with zero attached hydrogens (tertiary/aromatic N) is 4. The Morgan fingerprint density at radius 3 is 2.55 bits per heavy atom. The lowest BCUT2D eigenvalue weighted by Crippen LogP contribution is -2.52. The van der Waals surface area contributed by atoms with Gasteiger partial charge in [0.05, 0.1) is 18.2 Å². The molecule has 1 aliphatic rings. The molecule has 3 rings (SSSR count). The van der Waals surface area contributed by atoms with Gasteiger partial charge in [0.2, 0.25) is 5.91 Å². The Bertz CT molecular complexity index is 823. The van der Waals surface area contributed by atoms with E-state index in [0.717, 1.165) is 56.5 Å². The van der Waals surface area contributed by atoms with Crippen LogP contribution >= 0.6 is 24.0 Å². The van der Waals surface area contributed by atoms with Gasteiger partial charge in [0.15, 0.2) is 5.96 Å². The summed E-state index contributed by atoms with van der Waals surface area (Å²) in [5, 5.41) is 7.27. The third-order valence-corrected chi connectivity index (χ3v) is 5.14. The van der Waals surface area contributed by atoms with Crippen LogP contribution in [-0.2, 0) is 17.8 Å². The zero-order valence-electron chi connectivity index (χ0n) is 17.7. The summed E-state index contributed by atoms with van der Waals surface area (Å²) in [6.07, 6.45) is 2.02. The highest BCUT2D eigenvalue weighted by molar-refractivity contribution is 14.0. The van der Waals surface area contributed by atoms with E-state index in [1.165, 1.54) is 12.1 Å². The summed E-state index contributed by atoms with van der Waals surface area (Å²) in [5.41, 5.74) is 7.39. The van der Waals surface area contributed by atoms with Gasteiger partial charge in [-0.25, -0.2) is 4.39 Å². The number of halogens is 2. The molecule has 31 heavy (non-hydrogen) atoms. The molecule has 2 aromatic rings. The lowest BCUT2D eigenvalue weighted by atomic mass is 9.99. The number of amides is 1. The fourth-order valence-corrected chi connectivity index (χ4v) is 3.45. The first-order valence-electron chi connectivity index (χ1n) is 10.2. The van der Waals surface area contributed by atoms with Gasteiger partial charge in [-0.05, 0) is 31.0 Å². The number of guanidine groups is 1. The molecule has 1 amide bonds. The van der Waals surface area contributed by atoms with Crippen LogP contribution in [0.2, 0.25) is 0 Å². The summed E-state index contributed by atoms with van der Waals surface area (Å²) in [6.45, 7) is 7.20. The third kappa shape index (κ3) is 7.76. The van der Waals surface area contributed by atoms with E-state index in [1.807, 2.05) is 13.0 Å². The predicted octanol–water partition coefficient (Wildman–Crippen LogP) is 1.86. The van der Waals surface area contributed by atoms with E-state index in [2.05, 4.69) is 25.3 Å². The Hall–Kier alpha value is -2.21. The lowest BCUT2D eigenvalue weighted by Gasteiger charge is -2.36. The van der Waals surface area contributed by atoms with E-state index < -0.39 is 11.8 Å². The number of aromatic nitrogens is 1. The Balaban J connectivity index is 0.00000341. The van der Waals surface area contributed by atoms with Crippen molar-refractivity contribution in [2.75, 3.05) is 39.3 Å². The lowest BCUT2D eigenvalue weighted by molar-refractivity contribution is -0.121. The molecule has 1 fully saturated rings. The second-order valence-corrected chi connectivity index (χ2v) is 7.38. The average Bonchev–Trinajstić information content (AvgIpc) is 3.25. The summed E-state index contributed by atoms with van der Waals surface area (Å²) < 4.78 is 18.0. The summed E-state index contributed by atoms with van der Waals surface area (Å²) >= 11 is 0. The monoisotopic (exact) mass is 544 g/mol. The minimum absolute atomic E-state index is 0. The van der Waals surface area contributed by atoms with Crippen LogP contribution in [0.4, 0.5) is 4.39 Å². The second kappa shape index (κ2) is 12.6. The number of rotatable bonds is 8. The molecule has 1 atom stereocenters. The number of nitrogens with two attached hydrogens (primary N) is 1. The first kappa shape index (κ1) is 25.1. The Morgan fingerprint density at radius 2 is 1.97 bits per heavy atom. The normalized spacial score (nSPS) is 15.9. The van der Waals surface area contributed by atoms with Gasteiger partial charge in [-0.1, -0.05) is 17.3 Å². The van der Waals surface area contributed by atoms with Crippen molar-refractivity contribution in [1.82, 2.24) is 20.3 Å². The van der Waals surface area contributed by atoms with Gasteiger partial charge in [0.1, 0.15) is 12.1 Å². The minimum Gasteiger partial charge on any atom is -0.369 e. The number of nitrogens with one attached hydrogen (secondary N) is 1. The third-order valence-electron chi connectivity index (χ3n) is 5.14. The molecular formula is C21H30FIN6O2. The zero-order valence-corrected chi connectivity index (χ0v) is 20.0. The molecule has 170 valence electrons. The molecular weight excluding hydrogens is 514 g/mol. The van der Waals surface area contributed by atoms with Crippen LogP contribution in [0.15, 0.2) is 46.1 Å². The maximum atomic E-state index is 13.1. The molecule has 0 radical (unpaired) electrons. The van der Waals surface area contributed by atoms with Crippen LogP contribution in [0, 0.1) is 11.7 Å². The number of hydrogen-bond donors (Lipinski definition) is 2.